The van der Waals surface area contributed by atoms with Crippen LogP contribution in [-0.4, -0.2) is 10.2 Å². The zero-order chi connectivity index (χ0) is 14.8. The minimum atomic E-state index is 0.532. The van der Waals surface area contributed by atoms with Gasteiger partial charge in [-0.1, -0.05) is 11.6 Å². The molecule has 2 N–H and O–H groups in total. The maximum absolute atomic E-state index is 6.13. The van der Waals surface area contributed by atoms with Gasteiger partial charge in [0.2, 0.25) is 5.89 Å². The highest BCUT2D eigenvalue weighted by Crippen LogP contribution is 2.33. The quantitative estimate of drug-likeness (QED) is 0.486. The first kappa shape index (κ1) is 14.9. The molecule has 3 rings (SSSR count). The molecule has 0 bridgehead atoms. The number of aromatic nitrogens is 2. The number of thioether (sulfide) groups is 1. The van der Waals surface area contributed by atoms with Crippen LogP contribution in [0.1, 0.15) is 5.89 Å². The highest BCUT2D eigenvalue weighted by Gasteiger charge is 2.11. The van der Waals surface area contributed by atoms with Gasteiger partial charge in [-0.15, -0.1) is 33.3 Å². The van der Waals surface area contributed by atoms with Crippen molar-refractivity contribution in [1.29, 1.82) is 0 Å². The first-order valence-corrected chi connectivity index (χ1v) is 8.85. The molecule has 2 aromatic heterocycles. The van der Waals surface area contributed by atoms with E-state index in [0.717, 1.165) is 13.6 Å². The highest BCUT2D eigenvalue weighted by molar-refractivity contribution is 9.11. The Bertz CT molecular complexity index is 774. The first-order valence-electron chi connectivity index (χ1n) is 5.88. The third-order valence-electron chi connectivity index (χ3n) is 2.56. The summed E-state index contributed by atoms with van der Waals surface area (Å²) >= 11 is 12.6. The van der Waals surface area contributed by atoms with Gasteiger partial charge >= 0.3 is 0 Å². The van der Waals surface area contributed by atoms with Crippen LogP contribution in [0.2, 0.25) is 5.02 Å². The van der Waals surface area contributed by atoms with Crippen molar-refractivity contribution in [3.63, 3.8) is 0 Å². The molecule has 108 valence electrons. The number of benzene rings is 1. The fourth-order valence-electron chi connectivity index (χ4n) is 1.61. The van der Waals surface area contributed by atoms with Gasteiger partial charge in [-0.25, -0.2) is 0 Å². The molecule has 0 amide bonds. The molecule has 8 heteroatoms. The molecule has 0 atom stereocenters. The second-order valence-corrected chi connectivity index (χ2v) is 7.97. The van der Waals surface area contributed by atoms with Crippen molar-refractivity contribution in [2.45, 2.75) is 10.6 Å². The lowest BCUT2D eigenvalue weighted by molar-refractivity contribution is 0.529. The molecule has 0 aliphatic carbocycles. The molecule has 0 aliphatic rings. The molecule has 21 heavy (non-hydrogen) atoms. The van der Waals surface area contributed by atoms with Gasteiger partial charge in [0, 0.05) is 10.6 Å². The van der Waals surface area contributed by atoms with Crippen LogP contribution < -0.4 is 5.73 Å². The van der Waals surface area contributed by atoms with Crippen molar-refractivity contribution in [2.75, 3.05) is 5.73 Å². The van der Waals surface area contributed by atoms with E-state index in [-0.39, 0.29) is 0 Å². The Morgan fingerprint density at radius 2 is 2.14 bits per heavy atom. The molecular weight excluding hydrogens is 394 g/mol. The maximum atomic E-state index is 6.13. The molecule has 0 saturated heterocycles. The lowest BCUT2D eigenvalue weighted by Crippen LogP contribution is -1.85. The Hall–Kier alpha value is -1.02. The van der Waals surface area contributed by atoms with Gasteiger partial charge in [0.05, 0.1) is 19.4 Å². The van der Waals surface area contributed by atoms with Gasteiger partial charge in [-0.05, 0) is 46.3 Å². The lowest BCUT2D eigenvalue weighted by Gasteiger charge is -2.02. The zero-order valence-corrected chi connectivity index (χ0v) is 14.5. The Balaban J connectivity index is 1.70. The summed E-state index contributed by atoms with van der Waals surface area (Å²) in [6.07, 6.45) is 0. The van der Waals surface area contributed by atoms with Crippen LogP contribution in [0.3, 0.4) is 0 Å². The third-order valence-corrected chi connectivity index (χ3v) is 5.65. The molecule has 4 nitrogen and oxygen atoms in total. The molecule has 0 fully saturated rings. The highest BCUT2D eigenvalue weighted by atomic mass is 79.9. The van der Waals surface area contributed by atoms with Crippen LogP contribution in [0.4, 0.5) is 5.69 Å². The van der Waals surface area contributed by atoms with Crippen molar-refractivity contribution in [3.05, 3.63) is 45.0 Å². The number of nitrogens with zero attached hydrogens (tertiary/aromatic N) is 2. The molecule has 0 unspecified atom stereocenters. The molecule has 0 aliphatic heterocycles. The van der Waals surface area contributed by atoms with Crippen molar-refractivity contribution >= 4 is 56.3 Å². The van der Waals surface area contributed by atoms with E-state index in [4.69, 9.17) is 21.8 Å². The first-order chi connectivity index (χ1) is 10.1. The predicted octanol–water partition coefficient (Wildman–Crippen LogP) is 5.09. The SMILES string of the molecule is Nc1ccc(SCc2nnc(-c3ccc(Br)s3)o2)c(Cl)c1. The standard InChI is InChI=1S/C13H9BrClN3OS2/c14-11-4-3-10(21-11)13-18-17-12(19-13)6-20-9-2-1-7(16)5-8(9)15/h1-5H,6,16H2. The summed E-state index contributed by atoms with van der Waals surface area (Å²) in [5, 5.41) is 8.73. The number of thiophene rings is 1. The van der Waals surface area contributed by atoms with Crippen molar-refractivity contribution < 1.29 is 4.42 Å². The van der Waals surface area contributed by atoms with Crippen LogP contribution in [-0.2, 0) is 5.75 Å². The zero-order valence-electron chi connectivity index (χ0n) is 10.5. The summed E-state index contributed by atoms with van der Waals surface area (Å²) in [5.74, 6) is 1.65. The van der Waals surface area contributed by atoms with Gasteiger partial charge in [0.1, 0.15) is 0 Å². The summed E-state index contributed by atoms with van der Waals surface area (Å²) in [4.78, 5) is 1.88. The average molecular weight is 403 g/mol. The van der Waals surface area contributed by atoms with Crippen LogP contribution in [0.25, 0.3) is 10.8 Å². The number of nitrogen functional groups attached to an aromatic ring is 1. The van der Waals surface area contributed by atoms with Gasteiger partial charge in [0.25, 0.3) is 5.89 Å². The van der Waals surface area contributed by atoms with Crippen molar-refractivity contribution in [3.8, 4) is 10.8 Å². The Kier molecular flexibility index (Phi) is 4.54. The molecule has 1 aromatic carbocycles. The van der Waals surface area contributed by atoms with Gasteiger partial charge in [0.15, 0.2) is 0 Å². The molecule has 0 saturated carbocycles. The van der Waals surface area contributed by atoms with E-state index >= 15 is 0 Å². The van der Waals surface area contributed by atoms with E-state index in [0.29, 0.717) is 28.2 Å². The van der Waals surface area contributed by atoms with Gasteiger partial charge in [-0.2, -0.15) is 0 Å². The fraction of sp³-hybridized carbons (Fsp3) is 0.0769. The van der Waals surface area contributed by atoms with Crippen LogP contribution >= 0.6 is 50.6 Å². The number of hydrogen-bond acceptors (Lipinski definition) is 6. The largest absolute Gasteiger partial charge is 0.419 e. The number of rotatable bonds is 4. The summed E-state index contributed by atoms with van der Waals surface area (Å²) in [5.41, 5.74) is 6.31. The predicted molar refractivity (Wildman–Crippen MR) is 90.7 cm³/mol. The van der Waals surface area contributed by atoms with E-state index in [9.17, 15) is 0 Å². The Labute approximate surface area is 142 Å². The number of nitrogens with two attached hydrogens (primary N) is 1. The van der Waals surface area contributed by atoms with Crippen LogP contribution in [0, 0.1) is 0 Å². The summed E-state index contributed by atoms with van der Waals surface area (Å²) < 4.78 is 6.68. The molecular formula is C13H9BrClN3OS2. The van der Waals surface area contributed by atoms with Crippen molar-refractivity contribution in [1.82, 2.24) is 10.2 Å². The lowest BCUT2D eigenvalue weighted by atomic mass is 10.3. The second kappa shape index (κ2) is 6.39. The smallest absolute Gasteiger partial charge is 0.257 e. The number of hydrogen-bond donors (Lipinski definition) is 1. The molecule has 0 radical (unpaired) electrons. The van der Waals surface area contributed by atoms with E-state index in [1.54, 1.807) is 17.4 Å². The summed E-state index contributed by atoms with van der Waals surface area (Å²) in [6, 6.07) is 9.32. The molecule has 2 heterocycles. The maximum Gasteiger partial charge on any atom is 0.257 e. The van der Waals surface area contributed by atoms with E-state index in [2.05, 4.69) is 26.1 Å². The minimum absolute atomic E-state index is 0.532. The minimum Gasteiger partial charge on any atom is -0.419 e. The van der Waals surface area contributed by atoms with E-state index < -0.39 is 0 Å². The topological polar surface area (TPSA) is 64.9 Å². The van der Waals surface area contributed by atoms with Gasteiger partial charge < -0.3 is 10.2 Å². The van der Waals surface area contributed by atoms with Gasteiger partial charge in [-0.3, -0.25) is 0 Å². The van der Waals surface area contributed by atoms with Crippen LogP contribution in [0.5, 0.6) is 0 Å². The Morgan fingerprint density at radius 3 is 2.86 bits per heavy atom. The van der Waals surface area contributed by atoms with E-state index in [1.807, 2.05) is 24.3 Å². The van der Waals surface area contributed by atoms with E-state index in [1.165, 1.54) is 11.8 Å². The summed E-state index contributed by atoms with van der Waals surface area (Å²) in [6.45, 7) is 0. The summed E-state index contributed by atoms with van der Waals surface area (Å²) in [7, 11) is 0. The van der Waals surface area contributed by atoms with Crippen molar-refractivity contribution in [2.24, 2.45) is 0 Å². The molecule has 3 aromatic rings. The fourth-order valence-corrected chi connectivity index (χ4v) is 4.03. The van der Waals surface area contributed by atoms with Crippen LogP contribution in [0.15, 0.2) is 43.4 Å². The third kappa shape index (κ3) is 3.60. The monoisotopic (exact) mass is 401 g/mol. The Morgan fingerprint density at radius 1 is 1.29 bits per heavy atom. The molecule has 0 spiro atoms. The average Bonchev–Trinajstić information content (AvgIpc) is 3.06. The normalized spacial score (nSPS) is 11.0. The second-order valence-electron chi connectivity index (χ2n) is 4.08. The number of halogens is 2. The number of anilines is 1.